The van der Waals surface area contributed by atoms with Crippen LogP contribution in [0.4, 0.5) is 17.3 Å². The molecule has 0 saturated carbocycles. The van der Waals surface area contributed by atoms with E-state index in [0.717, 1.165) is 18.9 Å². The molecule has 0 bridgehead atoms. The number of aromatic nitrogens is 1. The second-order valence-corrected chi connectivity index (χ2v) is 4.15. The van der Waals surface area contributed by atoms with Crippen LogP contribution in [0, 0.1) is 0 Å². The van der Waals surface area contributed by atoms with Gasteiger partial charge in [-0.25, -0.2) is 4.98 Å². The van der Waals surface area contributed by atoms with E-state index in [-0.39, 0.29) is 0 Å². The Balaban J connectivity index is 1.78. The molecular formula is C11H19N5. The zero-order chi connectivity index (χ0) is 11.4. The summed E-state index contributed by atoms with van der Waals surface area (Å²) < 4.78 is 0. The molecule has 0 spiro atoms. The number of likely N-dealkylation sites (tertiary alicyclic amines) is 1. The number of hydrogen-bond acceptors (Lipinski definition) is 5. The molecule has 1 saturated heterocycles. The van der Waals surface area contributed by atoms with Crippen LogP contribution in [-0.2, 0) is 0 Å². The number of pyridine rings is 1. The molecule has 0 amide bonds. The van der Waals surface area contributed by atoms with Crippen molar-refractivity contribution in [3.8, 4) is 0 Å². The van der Waals surface area contributed by atoms with Gasteiger partial charge in [-0.05, 0) is 38.1 Å². The largest absolute Gasteiger partial charge is 0.396 e. The quantitative estimate of drug-likeness (QED) is 0.699. The van der Waals surface area contributed by atoms with E-state index >= 15 is 0 Å². The lowest BCUT2D eigenvalue weighted by Gasteiger charge is -2.15. The molecular weight excluding hydrogens is 202 g/mol. The van der Waals surface area contributed by atoms with Crippen LogP contribution in [0.25, 0.3) is 0 Å². The Kier molecular flexibility index (Phi) is 3.46. The summed E-state index contributed by atoms with van der Waals surface area (Å²) in [6, 6.07) is 3.64. The van der Waals surface area contributed by atoms with Gasteiger partial charge in [0.15, 0.2) is 0 Å². The number of hydrogen-bond donors (Lipinski definition) is 3. The molecule has 0 atom stereocenters. The smallest absolute Gasteiger partial charge is 0.149 e. The topological polar surface area (TPSA) is 80.2 Å². The highest BCUT2D eigenvalue weighted by Gasteiger charge is 2.10. The van der Waals surface area contributed by atoms with Crippen molar-refractivity contribution in [2.45, 2.75) is 12.8 Å². The van der Waals surface area contributed by atoms with Crippen LogP contribution in [0.2, 0.25) is 0 Å². The molecule has 1 aliphatic heterocycles. The predicted octanol–water partition coefficient (Wildman–Crippen LogP) is 0.754. The van der Waals surface area contributed by atoms with Gasteiger partial charge in [0.25, 0.3) is 0 Å². The SMILES string of the molecule is Nc1ccc(NCCN2CCCC2)nc1N. The molecule has 0 aromatic carbocycles. The zero-order valence-corrected chi connectivity index (χ0v) is 9.45. The number of anilines is 3. The number of rotatable bonds is 4. The molecule has 16 heavy (non-hydrogen) atoms. The van der Waals surface area contributed by atoms with Crippen molar-refractivity contribution in [2.75, 3.05) is 43.0 Å². The van der Waals surface area contributed by atoms with Gasteiger partial charge in [-0.15, -0.1) is 0 Å². The van der Waals surface area contributed by atoms with Crippen molar-refractivity contribution in [1.82, 2.24) is 9.88 Å². The average Bonchev–Trinajstić information content (AvgIpc) is 2.76. The first-order valence-electron chi connectivity index (χ1n) is 5.74. The Bertz CT molecular complexity index is 346. The third-order valence-electron chi connectivity index (χ3n) is 2.89. The summed E-state index contributed by atoms with van der Waals surface area (Å²) >= 11 is 0. The lowest BCUT2D eigenvalue weighted by molar-refractivity contribution is 0.352. The van der Waals surface area contributed by atoms with Crippen LogP contribution < -0.4 is 16.8 Å². The average molecular weight is 221 g/mol. The predicted molar refractivity (Wildman–Crippen MR) is 67.2 cm³/mol. The van der Waals surface area contributed by atoms with E-state index in [4.69, 9.17) is 11.5 Å². The van der Waals surface area contributed by atoms with E-state index in [2.05, 4.69) is 15.2 Å². The number of nitrogen functional groups attached to an aromatic ring is 2. The molecule has 1 aromatic rings. The molecule has 5 N–H and O–H groups in total. The van der Waals surface area contributed by atoms with E-state index in [1.54, 1.807) is 6.07 Å². The van der Waals surface area contributed by atoms with E-state index in [1.165, 1.54) is 25.9 Å². The summed E-state index contributed by atoms with van der Waals surface area (Å²) in [5, 5.41) is 3.25. The number of nitrogens with zero attached hydrogens (tertiary/aromatic N) is 2. The Morgan fingerprint density at radius 3 is 2.69 bits per heavy atom. The first-order chi connectivity index (χ1) is 7.75. The van der Waals surface area contributed by atoms with Gasteiger partial charge in [0.05, 0.1) is 5.69 Å². The van der Waals surface area contributed by atoms with Gasteiger partial charge in [0, 0.05) is 13.1 Å². The fourth-order valence-corrected chi connectivity index (χ4v) is 1.93. The van der Waals surface area contributed by atoms with Gasteiger partial charge < -0.3 is 21.7 Å². The van der Waals surface area contributed by atoms with Gasteiger partial charge in [-0.3, -0.25) is 0 Å². The molecule has 1 aromatic heterocycles. The summed E-state index contributed by atoms with van der Waals surface area (Å²) in [7, 11) is 0. The molecule has 5 heteroatoms. The fraction of sp³-hybridized carbons (Fsp3) is 0.545. The molecule has 0 aliphatic carbocycles. The second-order valence-electron chi connectivity index (χ2n) is 4.15. The Labute approximate surface area is 95.8 Å². The maximum atomic E-state index is 5.63. The zero-order valence-electron chi connectivity index (χ0n) is 9.45. The Morgan fingerprint density at radius 1 is 1.25 bits per heavy atom. The summed E-state index contributed by atoms with van der Waals surface area (Å²) in [4.78, 5) is 6.61. The summed E-state index contributed by atoms with van der Waals surface area (Å²) in [6.07, 6.45) is 2.65. The highest BCUT2D eigenvalue weighted by molar-refractivity contribution is 5.61. The van der Waals surface area contributed by atoms with Crippen LogP contribution in [0.3, 0.4) is 0 Å². The van der Waals surface area contributed by atoms with Gasteiger partial charge in [-0.1, -0.05) is 0 Å². The Hall–Kier alpha value is -1.49. The lowest BCUT2D eigenvalue weighted by atomic mass is 10.4. The lowest BCUT2D eigenvalue weighted by Crippen LogP contribution is -2.26. The molecule has 2 rings (SSSR count). The van der Waals surface area contributed by atoms with Gasteiger partial charge in [0.2, 0.25) is 0 Å². The number of nitrogens with one attached hydrogen (secondary N) is 1. The van der Waals surface area contributed by atoms with Crippen LogP contribution in [0.15, 0.2) is 12.1 Å². The van der Waals surface area contributed by atoms with Crippen molar-refractivity contribution in [2.24, 2.45) is 0 Å². The molecule has 88 valence electrons. The highest BCUT2D eigenvalue weighted by Crippen LogP contribution is 2.14. The maximum absolute atomic E-state index is 5.63. The van der Waals surface area contributed by atoms with Crippen LogP contribution in [0.5, 0.6) is 0 Å². The molecule has 0 unspecified atom stereocenters. The van der Waals surface area contributed by atoms with Gasteiger partial charge >= 0.3 is 0 Å². The third kappa shape index (κ3) is 2.76. The van der Waals surface area contributed by atoms with Crippen LogP contribution >= 0.6 is 0 Å². The second kappa shape index (κ2) is 5.03. The van der Waals surface area contributed by atoms with Gasteiger partial charge in [-0.2, -0.15) is 0 Å². The summed E-state index contributed by atoms with van der Waals surface area (Å²) in [6.45, 7) is 4.40. The van der Waals surface area contributed by atoms with Crippen LogP contribution in [-0.4, -0.2) is 36.1 Å². The third-order valence-corrected chi connectivity index (χ3v) is 2.89. The first kappa shape index (κ1) is 11.0. The van der Waals surface area contributed by atoms with E-state index < -0.39 is 0 Å². The van der Waals surface area contributed by atoms with E-state index in [0.29, 0.717) is 11.5 Å². The van der Waals surface area contributed by atoms with Crippen molar-refractivity contribution in [3.05, 3.63) is 12.1 Å². The van der Waals surface area contributed by atoms with Crippen molar-refractivity contribution in [1.29, 1.82) is 0 Å². The standard InChI is InChI=1S/C11H19N5/c12-9-3-4-10(15-11(9)13)14-5-8-16-6-1-2-7-16/h3-4H,1-2,5-8,12H2,(H3,13,14,15). The van der Waals surface area contributed by atoms with Crippen molar-refractivity contribution < 1.29 is 0 Å². The maximum Gasteiger partial charge on any atom is 0.149 e. The van der Waals surface area contributed by atoms with Gasteiger partial charge in [0.1, 0.15) is 11.6 Å². The summed E-state index contributed by atoms with van der Waals surface area (Å²) in [5.74, 6) is 1.19. The minimum absolute atomic E-state index is 0.395. The minimum Gasteiger partial charge on any atom is -0.396 e. The normalized spacial score (nSPS) is 16.5. The summed E-state index contributed by atoms with van der Waals surface area (Å²) in [5.41, 5.74) is 11.8. The molecule has 1 fully saturated rings. The first-order valence-corrected chi connectivity index (χ1v) is 5.74. The molecule has 5 nitrogen and oxygen atoms in total. The fourth-order valence-electron chi connectivity index (χ4n) is 1.93. The van der Waals surface area contributed by atoms with Crippen molar-refractivity contribution in [3.63, 3.8) is 0 Å². The van der Waals surface area contributed by atoms with E-state index in [1.807, 2.05) is 6.07 Å². The molecule has 1 aliphatic rings. The van der Waals surface area contributed by atoms with E-state index in [9.17, 15) is 0 Å². The molecule has 2 heterocycles. The highest BCUT2D eigenvalue weighted by atomic mass is 15.2. The minimum atomic E-state index is 0.395. The number of nitrogens with two attached hydrogens (primary N) is 2. The molecule has 0 radical (unpaired) electrons. The Morgan fingerprint density at radius 2 is 2.00 bits per heavy atom. The van der Waals surface area contributed by atoms with Crippen LogP contribution in [0.1, 0.15) is 12.8 Å². The van der Waals surface area contributed by atoms with Crippen molar-refractivity contribution >= 4 is 17.3 Å². The monoisotopic (exact) mass is 221 g/mol.